The van der Waals surface area contributed by atoms with Crippen molar-refractivity contribution >= 4 is 17.5 Å². The molecule has 0 bridgehead atoms. The molecular weight excluding hydrogens is 292 g/mol. The summed E-state index contributed by atoms with van der Waals surface area (Å²) in [7, 11) is 1.66. The normalized spacial score (nSPS) is 10.2. The van der Waals surface area contributed by atoms with E-state index >= 15 is 0 Å². The van der Waals surface area contributed by atoms with Crippen molar-refractivity contribution in [3.63, 3.8) is 0 Å². The number of rotatable bonds is 5. The number of benzene rings is 1. The maximum absolute atomic E-state index is 12.1. The zero-order valence-corrected chi connectivity index (χ0v) is 12.2. The largest absolute Gasteiger partial charge is 0.506 e. The summed E-state index contributed by atoms with van der Waals surface area (Å²) in [4.78, 5) is 17.4. The van der Waals surface area contributed by atoms with E-state index in [-0.39, 0.29) is 11.7 Å². The zero-order chi connectivity index (χ0) is 15.2. The van der Waals surface area contributed by atoms with E-state index in [9.17, 15) is 9.90 Å². The number of ether oxygens (including phenoxy) is 1. The molecule has 1 N–H and O–H groups in total. The van der Waals surface area contributed by atoms with Gasteiger partial charge in [0.1, 0.15) is 18.1 Å². The standard InChI is InChI=1S/C15H15ClN2O3/c1-18(15(20)11-7-13(19)10-17-9-11)5-6-21-14-4-2-3-12(16)8-14/h2-4,7-10,19H,5-6H2,1H3. The number of amides is 1. The van der Waals surface area contributed by atoms with Gasteiger partial charge >= 0.3 is 0 Å². The Balaban J connectivity index is 1.87. The minimum absolute atomic E-state index is 0.0376. The van der Waals surface area contributed by atoms with Crippen LogP contribution in [0.3, 0.4) is 0 Å². The lowest BCUT2D eigenvalue weighted by molar-refractivity contribution is 0.0773. The molecule has 1 amide bonds. The van der Waals surface area contributed by atoms with Crippen LogP contribution in [-0.4, -0.2) is 41.1 Å². The van der Waals surface area contributed by atoms with Gasteiger partial charge in [-0.1, -0.05) is 17.7 Å². The Kier molecular flexibility index (Phi) is 5.00. The first-order chi connectivity index (χ1) is 10.1. The molecule has 0 aliphatic carbocycles. The van der Waals surface area contributed by atoms with Crippen molar-refractivity contribution in [3.8, 4) is 11.5 Å². The van der Waals surface area contributed by atoms with Gasteiger partial charge in [-0.25, -0.2) is 0 Å². The fraction of sp³-hybridized carbons (Fsp3) is 0.200. The summed E-state index contributed by atoms with van der Waals surface area (Å²) in [6.45, 7) is 0.746. The maximum atomic E-state index is 12.1. The monoisotopic (exact) mass is 306 g/mol. The SMILES string of the molecule is CN(CCOc1cccc(Cl)c1)C(=O)c1cncc(O)c1. The van der Waals surface area contributed by atoms with Crippen LogP contribution in [0.5, 0.6) is 11.5 Å². The summed E-state index contributed by atoms with van der Waals surface area (Å²) < 4.78 is 5.52. The summed E-state index contributed by atoms with van der Waals surface area (Å²) in [5, 5.41) is 9.92. The molecule has 1 aromatic carbocycles. The second-order valence-electron chi connectivity index (χ2n) is 4.46. The Morgan fingerprint density at radius 3 is 2.90 bits per heavy atom. The fourth-order valence-electron chi connectivity index (χ4n) is 1.72. The van der Waals surface area contributed by atoms with Crippen LogP contribution in [-0.2, 0) is 0 Å². The van der Waals surface area contributed by atoms with Crippen LogP contribution >= 0.6 is 11.6 Å². The van der Waals surface area contributed by atoms with Crippen LogP contribution in [0.25, 0.3) is 0 Å². The van der Waals surface area contributed by atoms with E-state index in [1.807, 2.05) is 0 Å². The smallest absolute Gasteiger partial charge is 0.255 e. The van der Waals surface area contributed by atoms with Gasteiger partial charge in [0.15, 0.2) is 0 Å². The quantitative estimate of drug-likeness (QED) is 0.922. The number of hydrogen-bond donors (Lipinski definition) is 1. The van der Waals surface area contributed by atoms with Gasteiger partial charge in [0.05, 0.1) is 18.3 Å². The molecule has 5 nitrogen and oxygen atoms in total. The summed E-state index contributed by atoms with van der Waals surface area (Å²) >= 11 is 5.86. The molecule has 0 aliphatic rings. The Hall–Kier alpha value is -2.27. The number of carbonyl (C=O) groups excluding carboxylic acids is 1. The topological polar surface area (TPSA) is 62.7 Å². The van der Waals surface area contributed by atoms with E-state index in [0.717, 1.165) is 0 Å². The minimum Gasteiger partial charge on any atom is -0.506 e. The molecule has 0 saturated carbocycles. The molecule has 0 fully saturated rings. The van der Waals surface area contributed by atoms with Gasteiger partial charge in [-0.15, -0.1) is 0 Å². The highest BCUT2D eigenvalue weighted by molar-refractivity contribution is 6.30. The van der Waals surface area contributed by atoms with Crippen molar-refractivity contribution in [1.82, 2.24) is 9.88 Å². The fourth-order valence-corrected chi connectivity index (χ4v) is 1.90. The number of carbonyl (C=O) groups is 1. The second kappa shape index (κ2) is 6.95. The van der Waals surface area contributed by atoms with Gasteiger partial charge in [0.25, 0.3) is 5.91 Å². The van der Waals surface area contributed by atoms with E-state index in [1.54, 1.807) is 31.3 Å². The average Bonchev–Trinajstić information content (AvgIpc) is 2.46. The summed E-state index contributed by atoms with van der Waals surface area (Å²) in [5.74, 6) is 0.389. The van der Waals surface area contributed by atoms with Crippen molar-refractivity contribution < 1.29 is 14.6 Å². The highest BCUT2D eigenvalue weighted by Crippen LogP contribution is 2.17. The van der Waals surface area contributed by atoms with Gasteiger partial charge in [-0.2, -0.15) is 0 Å². The Bertz CT molecular complexity index is 634. The van der Waals surface area contributed by atoms with E-state index in [0.29, 0.717) is 29.5 Å². The van der Waals surface area contributed by atoms with Crippen molar-refractivity contribution in [1.29, 1.82) is 0 Å². The van der Waals surface area contributed by atoms with E-state index in [4.69, 9.17) is 16.3 Å². The first kappa shape index (κ1) is 15.1. The molecule has 1 aromatic heterocycles. The van der Waals surface area contributed by atoms with Gasteiger partial charge in [-0.3, -0.25) is 9.78 Å². The predicted molar refractivity (Wildman–Crippen MR) is 79.8 cm³/mol. The predicted octanol–water partition coefficient (Wildman–Crippen LogP) is 2.59. The zero-order valence-electron chi connectivity index (χ0n) is 11.5. The third-order valence-corrected chi connectivity index (χ3v) is 3.04. The van der Waals surface area contributed by atoms with E-state index in [2.05, 4.69) is 4.98 Å². The third kappa shape index (κ3) is 4.36. The first-order valence-electron chi connectivity index (χ1n) is 6.34. The summed E-state index contributed by atoms with van der Waals surface area (Å²) in [6.07, 6.45) is 2.69. The number of pyridine rings is 1. The van der Waals surface area contributed by atoms with Crippen LogP contribution < -0.4 is 4.74 Å². The Labute approximate surface area is 127 Å². The molecule has 2 rings (SSSR count). The maximum Gasteiger partial charge on any atom is 0.255 e. The van der Waals surface area contributed by atoms with Crippen LogP contribution in [0.4, 0.5) is 0 Å². The number of aromatic nitrogens is 1. The molecular formula is C15H15ClN2O3. The molecule has 21 heavy (non-hydrogen) atoms. The Morgan fingerprint density at radius 2 is 2.19 bits per heavy atom. The van der Waals surface area contributed by atoms with Crippen LogP contribution in [0.15, 0.2) is 42.7 Å². The van der Waals surface area contributed by atoms with Gasteiger partial charge in [-0.05, 0) is 24.3 Å². The van der Waals surface area contributed by atoms with Gasteiger partial charge in [0.2, 0.25) is 0 Å². The minimum atomic E-state index is -0.229. The molecule has 1 heterocycles. The van der Waals surface area contributed by atoms with Crippen molar-refractivity contribution in [2.75, 3.05) is 20.2 Å². The molecule has 110 valence electrons. The highest BCUT2D eigenvalue weighted by Gasteiger charge is 2.12. The lowest BCUT2D eigenvalue weighted by atomic mass is 10.2. The van der Waals surface area contributed by atoms with E-state index < -0.39 is 0 Å². The third-order valence-electron chi connectivity index (χ3n) is 2.81. The molecule has 0 radical (unpaired) electrons. The summed E-state index contributed by atoms with van der Waals surface area (Å²) in [6, 6.07) is 8.45. The van der Waals surface area contributed by atoms with Crippen molar-refractivity contribution in [3.05, 3.63) is 53.3 Å². The molecule has 6 heteroatoms. The number of nitrogens with zero attached hydrogens (tertiary/aromatic N) is 2. The number of halogens is 1. The van der Waals surface area contributed by atoms with Crippen LogP contribution in [0.2, 0.25) is 5.02 Å². The van der Waals surface area contributed by atoms with Crippen molar-refractivity contribution in [2.24, 2.45) is 0 Å². The molecule has 0 unspecified atom stereocenters. The Morgan fingerprint density at radius 1 is 1.38 bits per heavy atom. The summed E-state index contributed by atoms with van der Waals surface area (Å²) in [5.41, 5.74) is 0.334. The molecule has 0 atom stereocenters. The molecule has 2 aromatic rings. The van der Waals surface area contributed by atoms with Crippen LogP contribution in [0.1, 0.15) is 10.4 Å². The number of aromatic hydroxyl groups is 1. The van der Waals surface area contributed by atoms with Crippen molar-refractivity contribution in [2.45, 2.75) is 0 Å². The second-order valence-corrected chi connectivity index (χ2v) is 4.90. The number of hydrogen-bond acceptors (Lipinski definition) is 4. The number of likely N-dealkylation sites (N-methyl/N-ethyl adjacent to an activating group) is 1. The highest BCUT2D eigenvalue weighted by atomic mass is 35.5. The first-order valence-corrected chi connectivity index (χ1v) is 6.72. The van der Waals surface area contributed by atoms with Gasteiger partial charge < -0.3 is 14.7 Å². The van der Waals surface area contributed by atoms with E-state index in [1.165, 1.54) is 23.4 Å². The lowest BCUT2D eigenvalue weighted by Gasteiger charge is -2.17. The molecule has 0 saturated heterocycles. The molecule has 0 aliphatic heterocycles. The average molecular weight is 307 g/mol. The lowest BCUT2D eigenvalue weighted by Crippen LogP contribution is -2.30. The van der Waals surface area contributed by atoms with Crippen LogP contribution in [0, 0.1) is 0 Å². The van der Waals surface area contributed by atoms with Gasteiger partial charge in [0, 0.05) is 18.3 Å². The molecule has 0 spiro atoms.